The monoisotopic (exact) mass is 640 g/mol. The van der Waals surface area contributed by atoms with Gasteiger partial charge in [-0.05, 0) is 69.2 Å². The molecule has 2 aromatic rings. The van der Waals surface area contributed by atoms with Gasteiger partial charge in [-0.2, -0.15) is 0 Å². The van der Waals surface area contributed by atoms with Crippen LogP contribution in [0.1, 0.15) is 57.3 Å². The van der Waals surface area contributed by atoms with E-state index < -0.39 is 29.5 Å². The van der Waals surface area contributed by atoms with Crippen molar-refractivity contribution >= 4 is 33.6 Å². The van der Waals surface area contributed by atoms with E-state index in [4.69, 9.17) is 14.2 Å². The molecule has 7 nitrogen and oxygen atoms in total. The van der Waals surface area contributed by atoms with Gasteiger partial charge in [-0.1, -0.05) is 46.3 Å². The van der Waals surface area contributed by atoms with Gasteiger partial charge in [0.05, 0.1) is 32.6 Å². The summed E-state index contributed by atoms with van der Waals surface area (Å²) in [5.41, 5.74) is 1.97. The molecule has 0 radical (unpaired) electrons. The summed E-state index contributed by atoms with van der Waals surface area (Å²) in [6.07, 6.45) is 5.28. The molecule has 0 unspecified atom stereocenters. The smallest absolute Gasteiger partial charge is 0.312 e. The van der Waals surface area contributed by atoms with E-state index in [-0.39, 0.29) is 12.5 Å². The summed E-state index contributed by atoms with van der Waals surface area (Å²) in [6, 6.07) is 13.0. The van der Waals surface area contributed by atoms with Crippen LogP contribution in [0.2, 0.25) is 0 Å². The number of ether oxygens (including phenoxy) is 3. The SMILES string of the molecule is C=CCN(CC=C)c1ccc(Br)cc1[C@H]([C@@H](CC(=O)OC)C(=O)OC(C)(C)C)N(CC=C)[C@H](C)c1ccc(OC)cc1. The third-order valence-corrected chi connectivity index (χ3v) is 7.34. The molecule has 0 spiro atoms. The summed E-state index contributed by atoms with van der Waals surface area (Å²) in [5, 5.41) is 0. The van der Waals surface area contributed by atoms with Gasteiger partial charge >= 0.3 is 11.9 Å². The van der Waals surface area contributed by atoms with Gasteiger partial charge in [0.25, 0.3) is 0 Å². The van der Waals surface area contributed by atoms with Crippen LogP contribution in [-0.2, 0) is 19.1 Å². The Morgan fingerprint density at radius 2 is 1.55 bits per heavy atom. The number of nitrogens with zero attached hydrogens (tertiary/aromatic N) is 2. The zero-order valence-electron chi connectivity index (χ0n) is 25.8. The first-order chi connectivity index (χ1) is 19.9. The molecular formula is C34H45BrN2O5. The molecule has 0 saturated carbocycles. The van der Waals surface area contributed by atoms with Crippen LogP contribution < -0.4 is 9.64 Å². The second-order valence-electron chi connectivity index (χ2n) is 11.0. The summed E-state index contributed by atoms with van der Waals surface area (Å²) in [4.78, 5) is 31.2. The Balaban J connectivity index is 2.93. The van der Waals surface area contributed by atoms with Crippen molar-refractivity contribution in [3.63, 3.8) is 0 Å². The molecule has 0 N–H and O–H groups in total. The lowest BCUT2D eigenvalue weighted by molar-refractivity contribution is -0.166. The highest BCUT2D eigenvalue weighted by atomic mass is 79.9. The van der Waals surface area contributed by atoms with E-state index in [0.717, 1.165) is 27.0 Å². The molecule has 0 amide bonds. The molecule has 228 valence electrons. The van der Waals surface area contributed by atoms with Gasteiger partial charge in [-0.3, -0.25) is 14.5 Å². The fourth-order valence-electron chi connectivity index (χ4n) is 4.96. The van der Waals surface area contributed by atoms with E-state index in [2.05, 4.69) is 52.4 Å². The standard InChI is InChI=1S/C34H45BrN2O5/c1-10-19-36(20-11-2)30-18-15-26(35)22-28(30)32(29(23-31(38)41-9)33(39)42-34(5,6)7)37(21-12-3)24(4)25-13-16-27(40-8)17-14-25/h10-18,22,24,29,32H,1-3,19-21,23H2,4-9H3/t24-,29-,32-/m1/s1. The van der Waals surface area contributed by atoms with Crippen LogP contribution in [0.3, 0.4) is 0 Å². The summed E-state index contributed by atoms with van der Waals surface area (Å²) in [5.74, 6) is -1.15. The summed E-state index contributed by atoms with van der Waals surface area (Å²) in [7, 11) is 2.95. The quantitative estimate of drug-likeness (QED) is 0.139. The minimum Gasteiger partial charge on any atom is -0.497 e. The molecule has 0 heterocycles. The summed E-state index contributed by atoms with van der Waals surface area (Å²) >= 11 is 3.66. The topological polar surface area (TPSA) is 68.3 Å². The number of methoxy groups -OCH3 is 2. The second kappa shape index (κ2) is 16.3. The van der Waals surface area contributed by atoms with Crippen LogP contribution in [0.4, 0.5) is 5.69 Å². The highest BCUT2D eigenvalue weighted by Gasteiger charge is 2.41. The van der Waals surface area contributed by atoms with Crippen molar-refractivity contribution in [2.45, 2.75) is 51.8 Å². The number of rotatable bonds is 16. The largest absolute Gasteiger partial charge is 0.497 e. The first-order valence-corrected chi connectivity index (χ1v) is 14.8. The normalized spacial score (nSPS) is 13.4. The molecule has 3 atom stereocenters. The number of anilines is 1. The number of carbonyl (C=O) groups excluding carboxylic acids is 2. The molecule has 2 aromatic carbocycles. The van der Waals surface area contributed by atoms with Crippen molar-refractivity contribution in [2.75, 3.05) is 38.8 Å². The van der Waals surface area contributed by atoms with Crippen molar-refractivity contribution in [3.8, 4) is 5.75 Å². The Labute approximate surface area is 259 Å². The molecule has 8 heteroatoms. The average Bonchev–Trinajstić information content (AvgIpc) is 2.95. The Bertz CT molecular complexity index is 1210. The fraction of sp³-hybridized carbons (Fsp3) is 0.412. The molecule has 0 aromatic heterocycles. The Kier molecular flexibility index (Phi) is 13.5. The van der Waals surface area contributed by atoms with Gasteiger partial charge < -0.3 is 19.1 Å². The van der Waals surface area contributed by atoms with Gasteiger partial charge in [-0.15, -0.1) is 19.7 Å². The van der Waals surface area contributed by atoms with Crippen molar-refractivity contribution in [1.29, 1.82) is 0 Å². The number of halogens is 1. The predicted octanol–water partition coefficient (Wildman–Crippen LogP) is 7.45. The van der Waals surface area contributed by atoms with E-state index in [9.17, 15) is 9.59 Å². The molecule has 42 heavy (non-hydrogen) atoms. The highest BCUT2D eigenvalue weighted by molar-refractivity contribution is 9.10. The summed E-state index contributed by atoms with van der Waals surface area (Å²) < 4.78 is 17.2. The molecule has 2 rings (SSSR count). The van der Waals surface area contributed by atoms with Gasteiger partial charge in [0.15, 0.2) is 0 Å². The molecule has 0 aliphatic carbocycles. The lowest BCUT2D eigenvalue weighted by atomic mass is 9.85. The highest BCUT2D eigenvalue weighted by Crippen LogP contribution is 2.43. The third kappa shape index (κ3) is 9.60. The lowest BCUT2D eigenvalue weighted by Crippen LogP contribution is -2.43. The maximum atomic E-state index is 14.0. The third-order valence-electron chi connectivity index (χ3n) is 6.85. The molecule has 0 aliphatic heterocycles. The maximum absolute atomic E-state index is 14.0. The minimum absolute atomic E-state index is 0.173. The van der Waals surface area contributed by atoms with Crippen molar-refractivity contribution in [1.82, 2.24) is 4.90 Å². The second-order valence-corrected chi connectivity index (χ2v) is 11.9. The number of hydrogen-bond acceptors (Lipinski definition) is 7. The van der Waals surface area contributed by atoms with Crippen LogP contribution in [-0.4, -0.2) is 56.3 Å². The van der Waals surface area contributed by atoms with Crippen LogP contribution in [0, 0.1) is 5.92 Å². The Morgan fingerprint density at radius 3 is 2.05 bits per heavy atom. The predicted molar refractivity (Wildman–Crippen MR) is 174 cm³/mol. The van der Waals surface area contributed by atoms with Gasteiger partial charge in [0.2, 0.25) is 0 Å². The Hall–Kier alpha value is -3.36. The zero-order valence-corrected chi connectivity index (χ0v) is 27.4. The van der Waals surface area contributed by atoms with E-state index >= 15 is 0 Å². The number of esters is 2. The molecule has 0 aliphatic rings. The van der Waals surface area contributed by atoms with E-state index in [1.165, 1.54) is 7.11 Å². The van der Waals surface area contributed by atoms with E-state index in [1.807, 2.05) is 75.4 Å². The molecule has 0 fully saturated rings. The van der Waals surface area contributed by atoms with Crippen molar-refractivity contribution in [2.24, 2.45) is 5.92 Å². The van der Waals surface area contributed by atoms with Crippen LogP contribution in [0.15, 0.2) is 84.9 Å². The molecular weight excluding hydrogens is 596 g/mol. The number of hydrogen-bond donors (Lipinski definition) is 0. The van der Waals surface area contributed by atoms with Crippen molar-refractivity contribution in [3.05, 3.63) is 96.0 Å². The van der Waals surface area contributed by atoms with Gasteiger partial charge in [0, 0.05) is 35.8 Å². The Morgan fingerprint density at radius 1 is 0.952 bits per heavy atom. The van der Waals surface area contributed by atoms with E-state index in [0.29, 0.717) is 19.6 Å². The fourth-order valence-corrected chi connectivity index (χ4v) is 5.34. The van der Waals surface area contributed by atoms with Crippen LogP contribution >= 0.6 is 15.9 Å². The van der Waals surface area contributed by atoms with Crippen LogP contribution in [0.25, 0.3) is 0 Å². The van der Waals surface area contributed by atoms with Crippen LogP contribution in [0.5, 0.6) is 5.75 Å². The zero-order chi connectivity index (χ0) is 31.4. The number of carbonyl (C=O) groups is 2. The minimum atomic E-state index is -0.903. The van der Waals surface area contributed by atoms with Gasteiger partial charge in [-0.25, -0.2) is 0 Å². The average molecular weight is 642 g/mol. The van der Waals surface area contributed by atoms with E-state index in [1.54, 1.807) is 13.2 Å². The number of benzene rings is 2. The molecule has 0 bridgehead atoms. The van der Waals surface area contributed by atoms with Gasteiger partial charge in [0.1, 0.15) is 11.4 Å². The maximum Gasteiger partial charge on any atom is 0.312 e. The lowest BCUT2D eigenvalue weighted by Gasteiger charge is -2.42. The first kappa shape index (κ1) is 34.8. The first-order valence-electron chi connectivity index (χ1n) is 14.0. The van der Waals surface area contributed by atoms with Crippen molar-refractivity contribution < 1.29 is 23.8 Å². The summed E-state index contributed by atoms with van der Waals surface area (Å²) in [6.45, 7) is 21.0. The molecule has 0 saturated heterocycles.